The number of guanidine groups is 1. The summed E-state index contributed by atoms with van der Waals surface area (Å²) in [5.41, 5.74) is 1.43. The third-order valence-electron chi connectivity index (χ3n) is 3.44. The number of aliphatic imine (C=N–C) groups is 1. The SMILES string of the molecule is O=C1C[C@H](c2ccc(Br)cc2)N=C(NC(=O)c2ccccc2)N1. The second kappa shape index (κ2) is 6.75. The first kappa shape index (κ1) is 15.4. The summed E-state index contributed by atoms with van der Waals surface area (Å²) in [6.07, 6.45) is 0.256. The van der Waals surface area contributed by atoms with Crippen molar-refractivity contribution in [3.63, 3.8) is 0 Å². The largest absolute Gasteiger partial charge is 0.296 e. The summed E-state index contributed by atoms with van der Waals surface area (Å²) in [6.45, 7) is 0. The molecule has 23 heavy (non-hydrogen) atoms. The van der Waals surface area contributed by atoms with Gasteiger partial charge >= 0.3 is 0 Å². The van der Waals surface area contributed by atoms with Crippen molar-refractivity contribution in [2.75, 3.05) is 0 Å². The molecule has 0 radical (unpaired) electrons. The average Bonchev–Trinajstić information content (AvgIpc) is 2.56. The highest BCUT2D eigenvalue weighted by Crippen LogP contribution is 2.24. The normalized spacial score (nSPS) is 17.2. The number of nitrogens with one attached hydrogen (secondary N) is 2. The van der Waals surface area contributed by atoms with Crippen LogP contribution in [-0.2, 0) is 4.79 Å². The molecule has 5 nitrogen and oxygen atoms in total. The molecule has 0 aliphatic carbocycles. The van der Waals surface area contributed by atoms with Crippen molar-refractivity contribution in [1.29, 1.82) is 0 Å². The second-order valence-electron chi connectivity index (χ2n) is 5.12. The maximum Gasteiger partial charge on any atom is 0.257 e. The van der Waals surface area contributed by atoms with Crippen molar-refractivity contribution in [3.8, 4) is 0 Å². The third-order valence-corrected chi connectivity index (χ3v) is 3.97. The maximum absolute atomic E-state index is 12.2. The molecule has 2 aromatic carbocycles. The third kappa shape index (κ3) is 3.84. The molecule has 1 aliphatic heterocycles. The van der Waals surface area contributed by atoms with E-state index in [0.29, 0.717) is 5.56 Å². The summed E-state index contributed by atoms with van der Waals surface area (Å²) in [6, 6.07) is 16.1. The zero-order valence-corrected chi connectivity index (χ0v) is 13.7. The highest BCUT2D eigenvalue weighted by atomic mass is 79.9. The number of rotatable bonds is 2. The summed E-state index contributed by atoms with van der Waals surface area (Å²) >= 11 is 3.38. The molecule has 1 atom stereocenters. The molecule has 1 aliphatic rings. The lowest BCUT2D eigenvalue weighted by atomic mass is 10.0. The van der Waals surface area contributed by atoms with Crippen molar-refractivity contribution in [3.05, 3.63) is 70.2 Å². The molecule has 0 saturated carbocycles. The van der Waals surface area contributed by atoms with E-state index in [4.69, 9.17) is 0 Å². The smallest absolute Gasteiger partial charge is 0.257 e. The predicted octanol–water partition coefficient (Wildman–Crippen LogP) is 2.80. The molecule has 1 heterocycles. The van der Waals surface area contributed by atoms with Crippen LogP contribution in [0.2, 0.25) is 0 Å². The van der Waals surface area contributed by atoms with Crippen molar-refractivity contribution >= 4 is 33.7 Å². The highest BCUT2D eigenvalue weighted by Gasteiger charge is 2.23. The number of amides is 2. The van der Waals surface area contributed by atoms with Gasteiger partial charge in [-0.25, -0.2) is 4.99 Å². The Kier molecular flexibility index (Phi) is 4.52. The Balaban J connectivity index is 1.79. The fourth-order valence-electron chi connectivity index (χ4n) is 2.30. The Morgan fingerprint density at radius 3 is 2.52 bits per heavy atom. The number of hydrogen-bond donors (Lipinski definition) is 2. The molecule has 6 heteroatoms. The Bertz CT molecular complexity index is 757. The quantitative estimate of drug-likeness (QED) is 0.851. The minimum Gasteiger partial charge on any atom is -0.296 e. The molecule has 116 valence electrons. The maximum atomic E-state index is 12.2. The summed E-state index contributed by atoms with van der Waals surface area (Å²) in [7, 11) is 0. The van der Waals surface area contributed by atoms with E-state index < -0.39 is 0 Å². The molecule has 0 saturated heterocycles. The molecule has 3 rings (SSSR count). The van der Waals surface area contributed by atoms with Gasteiger partial charge in [0.15, 0.2) is 0 Å². The standard InChI is InChI=1S/C17H14BrN3O2/c18-13-8-6-11(7-9-13)14-10-15(22)20-17(19-14)21-16(23)12-4-2-1-3-5-12/h1-9,14H,10H2,(H2,19,20,21,22,23)/t14-/m1/s1. The van der Waals surface area contributed by atoms with Gasteiger partial charge in [0.25, 0.3) is 5.91 Å². The Morgan fingerprint density at radius 1 is 1.13 bits per heavy atom. The summed E-state index contributed by atoms with van der Waals surface area (Å²) in [4.78, 5) is 28.5. The van der Waals surface area contributed by atoms with Crippen molar-refractivity contribution < 1.29 is 9.59 Å². The minimum absolute atomic E-state index is 0.170. The number of halogens is 1. The van der Waals surface area contributed by atoms with Crippen molar-refractivity contribution in [1.82, 2.24) is 10.6 Å². The zero-order valence-electron chi connectivity index (χ0n) is 12.1. The van der Waals surface area contributed by atoms with Crippen LogP contribution >= 0.6 is 15.9 Å². The summed E-state index contributed by atoms with van der Waals surface area (Å²) < 4.78 is 0.961. The Labute approximate surface area is 141 Å². The molecule has 0 bridgehead atoms. The summed E-state index contributed by atoms with van der Waals surface area (Å²) in [5, 5.41) is 5.24. The van der Waals surface area contributed by atoms with Crippen LogP contribution in [0.25, 0.3) is 0 Å². The monoisotopic (exact) mass is 371 g/mol. The number of hydrogen-bond acceptors (Lipinski definition) is 3. The van der Waals surface area contributed by atoms with Crippen LogP contribution in [0.5, 0.6) is 0 Å². The van der Waals surface area contributed by atoms with Crippen molar-refractivity contribution in [2.24, 2.45) is 4.99 Å². The van der Waals surface area contributed by atoms with E-state index in [-0.39, 0.29) is 30.2 Å². The van der Waals surface area contributed by atoms with E-state index in [9.17, 15) is 9.59 Å². The van der Waals surface area contributed by atoms with Crippen LogP contribution in [0.4, 0.5) is 0 Å². The number of nitrogens with zero attached hydrogens (tertiary/aromatic N) is 1. The molecule has 0 aromatic heterocycles. The number of benzene rings is 2. The minimum atomic E-state index is -0.305. The lowest BCUT2D eigenvalue weighted by molar-refractivity contribution is -0.120. The molecule has 0 fully saturated rings. The van der Waals surface area contributed by atoms with Gasteiger partial charge in [-0.2, -0.15) is 0 Å². The lowest BCUT2D eigenvalue weighted by Gasteiger charge is -2.21. The van der Waals surface area contributed by atoms with Crippen LogP contribution in [0.15, 0.2) is 64.1 Å². The fourth-order valence-corrected chi connectivity index (χ4v) is 2.57. The Morgan fingerprint density at radius 2 is 1.83 bits per heavy atom. The molecular weight excluding hydrogens is 358 g/mol. The van der Waals surface area contributed by atoms with E-state index in [2.05, 4.69) is 31.6 Å². The van der Waals surface area contributed by atoms with Gasteiger partial charge in [-0.05, 0) is 29.8 Å². The van der Waals surface area contributed by atoms with Crippen LogP contribution in [0.1, 0.15) is 28.4 Å². The van der Waals surface area contributed by atoms with Crippen LogP contribution in [0.3, 0.4) is 0 Å². The molecule has 2 amide bonds. The first-order valence-electron chi connectivity index (χ1n) is 7.11. The van der Waals surface area contributed by atoms with Gasteiger partial charge in [-0.3, -0.25) is 20.2 Å². The van der Waals surface area contributed by atoms with E-state index in [1.54, 1.807) is 24.3 Å². The molecule has 2 N–H and O–H groups in total. The van der Waals surface area contributed by atoms with Gasteiger partial charge in [0.1, 0.15) is 0 Å². The van der Waals surface area contributed by atoms with Crippen LogP contribution in [-0.4, -0.2) is 17.8 Å². The zero-order chi connectivity index (χ0) is 16.2. The predicted molar refractivity (Wildman–Crippen MR) is 91.0 cm³/mol. The van der Waals surface area contributed by atoms with E-state index in [1.165, 1.54) is 0 Å². The fraction of sp³-hybridized carbons (Fsp3) is 0.118. The van der Waals surface area contributed by atoms with Gasteiger partial charge in [-0.1, -0.05) is 46.3 Å². The van der Waals surface area contributed by atoms with E-state index >= 15 is 0 Å². The van der Waals surface area contributed by atoms with Gasteiger partial charge in [0.2, 0.25) is 11.9 Å². The van der Waals surface area contributed by atoms with Gasteiger partial charge in [0.05, 0.1) is 12.5 Å². The van der Waals surface area contributed by atoms with E-state index in [1.807, 2.05) is 30.3 Å². The first-order chi connectivity index (χ1) is 11.1. The van der Waals surface area contributed by atoms with Gasteiger partial charge < -0.3 is 0 Å². The number of carbonyl (C=O) groups excluding carboxylic acids is 2. The summed E-state index contributed by atoms with van der Waals surface area (Å²) in [5.74, 6) is -0.291. The van der Waals surface area contributed by atoms with Gasteiger partial charge in [0, 0.05) is 10.0 Å². The lowest BCUT2D eigenvalue weighted by Crippen LogP contribution is -2.46. The second-order valence-corrected chi connectivity index (χ2v) is 6.03. The van der Waals surface area contributed by atoms with E-state index in [0.717, 1.165) is 10.0 Å². The average molecular weight is 372 g/mol. The molecule has 2 aromatic rings. The first-order valence-corrected chi connectivity index (χ1v) is 7.90. The van der Waals surface area contributed by atoms with Gasteiger partial charge in [-0.15, -0.1) is 0 Å². The van der Waals surface area contributed by atoms with Crippen molar-refractivity contribution in [2.45, 2.75) is 12.5 Å². The highest BCUT2D eigenvalue weighted by molar-refractivity contribution is 9.10. The molecule has 0 unspecified atom stereocenters. The van der Waals surface area contributed by atoms with Crippen LogP contribution < -0.4 is 10.6 Å². The molecule has 0 spiro atoms. The molecular formula is C17H14BrN3O2. The number of carbonyl (C=O) groups is 2. The Hall–Kier alpha value is -2.47. The topological polar surface area (TPSA) is 70.6 Å². The van der Waals surface area contributed by atoms with Crippen LogP contribution in [0, 0.1) is 0 Å².